The topological polar surface area (TPSA) is 122 Å². The van der Waals surface area contributed by atoms with E-state index in [-0.39, 0.29) is 55.4 Å². The van der Waals surface area contributed by atoms with Gasteiger partial charge in [-0.1, -0.05) is 0 Å². The van der Waals surface area contributed by atoms with Crippen molar-refractivity contribution in [3.05, 3.63) is 0 Å². The SMILES string of the molecule is CN1CC(=O)N(C)C1=O.CN1CC(=O)N(C)C1=O.CN1CC(=O)N(C)C1=O. The Bertz CT molecular complexity index is 589. The molecule has 0 aromatic rings. The van der Waals surface area contributed by atoms with E-state index in [1.165, 1.54) is 35.8 Å². The number of carbonyl (C=O) groups excluding carboxylic acids is 6. The van der Waals surface area contributed by atoms with Gasteiger partial charge in [-0.25, -0.2) is 14.4 Å². The van der Waals surface area contributed by atoms with Gasteiger partial charge in [0.15, 0.2) is 0 Å². The number of nitrogens with zero attached hydrogens (tertiary/aromatic N) is 6. The molecular weight excluding hydrogens is 360 g/mol. The molecule has 12 nitrogen and oxygen atoms in total. The van der Waals surface area contributed by atoms with Gasteiger partial charge >= 0.3 is 18.1 Å². The minimum atomic E-state index is -0.222. The molecule has 0 aromatic carbocycles. The second kappa shape index (κ2) is 8.47. The fourth-order valence-corrected chi connectivity index (χ4v) is 2.22. The molecule has 0 unspecified atom stereocenters. The van der Waals surface area contributed by atoms with Crippen molar-refractivity contribution in [2.75, 3.05) is 61.9 Å². The minimum absolute atomic E-state index is 0.137. The summed E-state index contributed by atoms with van der Waals surface area (Å²) in [5.74, 6) is -0.410. The first-order valence-electron chi connectivity index (χ1n) is 7.93. The van der Waals surface area contributed by atoms with Gasteiger partial charge < -0.3 is 14.7 Å². The van der Waals surface area contributed by atoms with E-state index in [0.717, 1.165) is 14.7 Å². The van der Waals surface area contributed by atoms with Crippen LogP contribution in [0.3, 0.4) is 0 Å². The molecule has 0 bridgehead atoms. The molecule has 0 spiro atoms. The molecule has 12 heteroatoms. The predicted molar refractivity (Wildman–Crippen MR) is 92.4 cm³/mol. The average Bonchev–Trinajstić information content (AvgIpc) is 3.07. The molecule has 0 N–H and O–H groups in total. The second-order valence-corrected chi connectivity index (χ2v) is 6.27. The fourth-order valence-electron chi connectivity index (χ4n) is 2.22. The molecule has 0 aliphatic carbocycles. The van der Waals surface area contributed by atoms with Crippen molar-refractivity contribution in [2.24, 2.45) is 0 Å². The van der Waals surface area contributed by atoms with Crippen LogP contribution in [0, 0.1) is 0 Å². The molecular formula is C15H24N6O6. The van der Waals surface area contributed by atoms with Crippen LogP contribution in [0.4, 0.5) is 14.4 Å². The van der Waals surface area contributed by atoms with Crippen LogP contribution in [0.1, 0.15) is 0 Å². The lowest BCUT2D eigenvalue weighted by molar-refractivity contribution is -0.125. The molecule has 0 radical (unpaired) electrons. The van der Waals surface area contributed by atoms with Gasteiger partial charge in [0.25, 0.3) is 0 Å². The second-order valence-electron chi connectivity index (χ2n) is 6.27. The number of likely N-dealkylation sites (N-methyl/N-ethyl adjacent to an activating group) is 6. The highest BCUT2D eigenvalue weighted by Gasteiger charge is 2.30. The number of carbonyl (C=O) groups is 6. The molecule has 3 aliphatic rings. The van der Waals surface area contributed by atoms with Crippen molar-refractivity contribution in [1.82, 2.24) is 29.4 Å². The lowest BCUT2D eigenvalue weighted by Crippen LogP contribution is -2.27. The van der Waals surface area contributed by atoms with E-state index in [2.05, 4.69) is 0 Å². The van der Waals surface area contributed by atoms with Crippen LogP contribution >= 0.6 is 0 Å². The van der Waals surface area contributed by atoms with Crippen molar-refractivity contribution < 1.29 is 28.8 Å². The maximum absolute atomic E-state index is 10.7. The van der Waals surface area contributed by atoms with Gasteiger partial charge in [-0.3, -0.25) is 29.1 Å². The van der Waals surface area contributed by atoms with Gasteiger partial charge in [0, 0.05) is 42.3 Å². The number of hydrogen-bond acceptors (Lipinski definition) is 6. The maximum atomic E-state index is 10.7. The molecule has 0 saturated carbocycles. The van der Waals surface area contributed by atoms with Crippen LogP contribution in [-0.2, 0) is 14.4 Å². The number of hydrogen-bond donors (Lipinski definition) is 0. The average molecular weight is 384 g/mol. The Kier molecular flexibility index (Phi) is 6.86. The van der Waals surface area contributed by atoms with Gasteiger partial charge in [-0.05, 0) is 0 Å². The van der Waals surface area contributed by atoms with E-state index < -0.39 is 0 Å². The van der Waals surface area contributed by atoms with Crippen LogP contribution in [0.25, 0.3) is 0 Å². The zero-order valence-electron chi connectivity index (χ0n) is 16.3. The van der Waals surface area contributed by atoms with Crippen molar-refractivity contribution in [3.8, 4) is 0 Å². The van der Waals surface area contributed by atoms with E-state index in [1.807, 2.05) is 0 Å². The Morgan fingerprint density at radius 1 is 0.444 bits per heavy atom. The molecule has 0 aromatic heterocycles. The number of urea groups is 3. The monoisotopic (exact) mass is 384 g/mol. The van der Waals surface area contributed by atoms with Crippen molar-refractivity contribution in [2.45, 2.75) is 0 Å². The van der Waals surface area contributed by atoms with E-state index in [1.54, 1.807) is 21.1 Å². The molecule has 9 amide bonds. The van der Waals surface area contributed by atoms with Crippen LogP contribution in [0.15, 0.2) is 0 Å². The first-order chi connectivity index (χ1) is 12.4. The Balaban J connectivity index is 0.000000202. The summed E-state index contributed by atoms with van der Waals surface area (Å²) < 4.78 is 0. The summed E-state index contributed by atoms with van der Waals surface area (Å²) >= 11 is 0. The Labute approximate surface area is 156 Å². The highest BCUT2D eigenvalue weighted by atomic mass is 16.2. The molecule has 3 fully saturated rings. The van der Waals surface area contributed by atoms with Crippen molar-refractivity contribution >= 4 is 35.8 Å². The van der Waals surface area contributed by atoms with Gasteiger partial charge in [-0.15, -0.1) is 0 Å². The summed E-state index contributed by atoms with van der Waals surface area (Å²) in [5.41, 5.74) is 0. The van der Waals surface area contributed by atoms with E-state index in [9.17, 15) is 28.8 Å². The van der Waals surface area contributed by atoms with Crippen LogP contribution in [-0.4, -0.2) is 127 Å². The maximum Gasteiger partial charge on any atom is 0.326 e. The number of imide groups is 3. The Hall–Kier alpha value is -3.18. The third-order valence-corrected chi connectivity index (χ3v) is 4.08. The number of rotatable bonds is 0. The summed E-state index contributed by atoms with van der Waals surface area (Å²) in [7, 11) is 9.24. The van der Waals surface area contributed by atoms with Crippen molar-refractivity contribution in [3.63, 3.8) is 0 Å². The smallest absolute Gasteiger partial charge is 0.318 e. The third-order valence-electron chi connectivity index (χ3n) is 4.08. The van der Waals surface area contributed by atoms with Gasteiger partial charge in [0.2, 0.25) is 17.7 Å². The molecule has 3 heterocycles. The Morgan fingerprint density at radius 3 is 0.667 bits per heavy atom. The highest BCUT2D eigenvalue weighted by Crippen LogP contribution is 2.04. The fraction of sp³-hybridized carbons (Fsp3) is 0.600. The summed E-state index contributed by atoms with van der Waals surface area (Å²) in [6.07, 6.45) is 0. The molecule has 150 valence electrons. The zero-order valence-corrected chi connectivity index (χ0v) is 16.3. The normalized spacial score (nSPS) is 19.8. The first-order valence-corrected chi connectivity index (χ1v) is 7.93. The third kappa shape index (κ3) is 4.92. The van der Waals surface area contributed by atoms with Crippen LogP contribution < -0.4 is 0 Å². The van der Waals surface area contributed by atoms with E-state index in [0.29, 0.717) is 0 Å². The highest BCUT2D eigenvalue weighted by molar-refractivity contribution is 6.02. The zero-order chi connectivity index (χ0) is 21.0. The summed E-state index contributed by atoms with van der Waals surface area (Å²) in [4.78, 5) is 71.7. The van der Waals surface area contributed by atoms with E-state index >= 15 is 0 Å². The van der Waals surface area contributed by atoms with Crippen LogP contribution in [0.5, 0.6) is 0 Å². The largest absolute Gasteiger partial charge is 0.326 e. The van der Waals surface area contributed by atoms with Gasteiger partial charge in [0.1, 0.15) is 19.6 Å². The van der Waals surface area contributed by atoms with Crippen molar-refractivity contribution in [1.29, 1.82) is 0 Å². The standard InChI is InChI=1S/3C5H8N2O2/c3*1-6-3-4(8)7(2)5(6)9/h3*3H2,1-2H3. The molecule has 3 saturated heterocycles. The van der Waals surface area contributed by atoms with Crippen LogP contribution in [0.2, 0.25) is 0 Å². The van der Waals surface area contributed by atoms with E-state index in [4.69, 9.17) is 0 Å². The molecule has 27 heavy (non-hydrogen) atoms. The molecule has 3 rings (SSSR count). The molecule has 0 atom stereocenters. The van der Waals surface area contributed by atoms with Gasteiger partial charge in [0.05, 0.1) is 0 Å². The minimum Gasteiger partial charge on any atom is -0.318 e. The predicted octanol–water partition coefficient (Wildman–Crippen LogP) is -1.47. The summed E-state index contributed by atoms with van der Waals surface area (Å²) in [6, 6.07) is -0.667. The molecule has 3 aliphatic heterocycles. The number of amides is 9. The first kappa shape index (κ1) is 21.9. The summed E-state index contributed by atoms with van der Waals surface area (Å²) in [5, 5.41) is 0. The Morgan fingerprint density at radius 2 is 0.630 bits per heavy atom. The quantitative estimate of drug-likeness (QED) is 0.470. The lowest BCUT2D eigenvalue weighted by Gasteiger charge is -2.05. The lowest BCUT2D eigenvalue weighted by atomic mass is 10.6. The van der Waals surface area contributed by atoms with Gasteiger partial charge in [-0.2, -0.15) is 0 Å². The summed E-state index contributed by atoms with van der Waals surface area (Å²) in [6.45, 7) is 0.653.